The molecule has 5 nitrogen and oxygen atoms in total. The Bertz CT molecular complexity index is 829. The molecule has 2 amide bonds. The highest BCUT2D eigenvalue weighted by Crippen LogP contribution is 2.38. The molecule has 2 atom stereocenters. The van der Waals surface area contributed by atoms with Gasteiger partial charge in [-0.05, 0) is 37.9 Å². The van der Waals surface area contributed by atoms with Crippen LogP contribution in [0.5, 0.6) is 0 Å². The highest BCUT2D eigenvalue weighted by molar-refractivity contribution is 8.01. The second-order valence-electron chi connectivity index (χ2n) is 6.73. The molecule has 1 heterocycles. The van der Waals surface area contributed by atoms with E-state index in [9.17, 15) is 9.59 Å². The molecular formula is C20H22ClN3O2S. The van der Waals surface area contributed by atoms with E-state index in [0.29, 0.717) is 17.3 Å². The molecule has 2 aromatic carbocycles. The molecule has 0 unspecified atom stereocenters. The minimum absolute atomic E-state index is 0.120. The van der Waals surface area contributed by atoms with E-state index in [-0.39, 0.29) is 24.3 Å². The van der Waals surface area contributed by atoms with Crippen molar-refractivity contribution in [1.29, 1.82) is 0 Å². The van der Waals surface area contributed by atoms with E-state index >= 15 is 0 Å². The molecule has 1 aliphatic heterocycles. The number of thioether (sulfide) groups is 1. The third-order valence-electron chi connectivity index (χ3n) is 4.22. The van der Waals surface area contributed by atoms with Gasteiger partial charge in [-0.3, -0.25) is 9.59 Å². The summed E-state index contributed by atoms with van der Waals surface area (Å²) >= 11 is 7.37. The lowest BCUT2D eigenvalue weighted by Crippen LogP contribution is -2.39. The number of halogens is 1. The smallest absolute Gasteiger partial charge is 0.238 e. The van der Waals surface area contributed by atoms with Crippen LogP contribution in [0.2, 0.25) is 5.02 Å². The molecule has 0 bridgehead atoms. The minimum atomic E-state index is -0.463. The molecule has 2 aromatic rings. The van der Waals surface area contributed by atoms with Crippen molar-refractivity contribution in [3.8, 4) is 0 Å². The molecule has 3 rings (SSSR count). The number of hydrogen-bond donors (Lipinski definition) is 2. The fourth-order valence-corrected chi connectivity index (χ4v) is 4.23. The number of carbonyl (C=O) groups excluding carboxylic acids is 2. The van der Waals surface area contributed by atoms with Crippen LogP contribution in [0.4, 0.5) is 5.69 Å². The molecule has 0 aliphatic carbocycles. The lowest BCUT2D eigenvalue weighted by Gasteiger charge is -2.26. The van der Waals surface area contributed by atoms with Crippen LogP contribution < -0.4 is 10.6 Å². The Kier molecular flexibility index (Phi) is 6.42. The quantitative estimate of drug-likeness (QED) is 0.774. The van der Waals surface area contributed by atoms with Gasteiger partial charge in [0.1, 0.15) is 0 Å². The maximum absolute atomic E-state index is 12.6. The second-order valence-corrected chi connectivity index (χ2v) is 8.41. The number of carbonyl (C=O) groups is 2. The van der Waals surface area contributed by atoms with Gasteiger partial charge in [0.2, 0.25) is 11.8 Å². The zero-order valence-corrected chi connectivity index (χ0v) is 16.8. The van der Waals surface area contributed by atoms with Crippen LogP contribution in [0, 0.1) is 0 Å². The van der Waals surface area contributed by atoms with Crippen LogP contribution >= 0.6 is 23.4 Å². The summed E-state index contributed by atoms with van der Waals surface area (Å²) in [5, 5.41) is 6.02. The van der Waals surface area contributed by atoms with E-state index in [1.807, 2.05) is 55.4 Å². The number of anilines is 1. The number of benzene rings is 2. The Balaban J connectivity index is 1.67. The summed E-state index contributed by atoms with van der Waals surface area (Å²) in [5.41, 5.74) is 1.74. The molecule has 0 radical (unpaired) electrons. The van der Waals surface area contributed by atoms with E-state index in [1.54, 1.807) is 12.1 Å². The third kappa shape index (κ3) is 5.25. The molecule has 0 aromatic heterocycles. The predicted molar refractivity (Wildman–Crippen MR) is 110 cm³/mol. The normalized spacial score (nSPS) is 17.2. The predicted octanol–water partition coefficient (Wildman–Crippen LogP) is 3.56. The van der Waals surface area contributed by atoms with Gasteiger partial charge < -0.3 is 15.5 Å². The van der Waals surface area contributed by atoms with Crippen molar-refractivity contribution in [1.82, 2.24) is 10.2 Å². The Hall–Kier alpha value is -2.02. The zero-order chi connectivity index (χ0) is 19.4. The summed E-state index contributed by atoms with van der Waals surface area (Å²) in [6.07, 6.45) is 0.120. The van der Waals surface area contributed by atoms with Gasteiger partial charge in [0.05, 0.1) is 17.0 Å². The van der Waals surface area contributed by atoms with Crippen molar-refractivity contribution in [2.24, 2.45) is 0 Å². The molecular weight excluding hydrogens is 382 g/mol. The summed E-state index contributed by atoms with van der Waals surface area (Å²) in [7, 11) is 3.93. The maximum atomic E-state index is 12.6. The van der Waals surface area contributed by atoms with Gasteiger partial charge in [0, 0.05) is 22.9 Å². The number of fused-ring (bicyclic) bond motifs is 1. The maximum Gasteiger partial charge on any atom is 0.238 e. The molecule has 1 aliphatic rings. The standard InChI is InChI=1S/C20H22ClN3O2S/c1-24(2)12-16(13-6-4-3-5-7-13)22-19(25)11-18-20(26)23-15-10-14(21)8-9-17(15)27-18/h3-10,16,18H,11-12H2,1-2H3,(H,22,25)(H,23,26)/t16-,18+/m0/s1. The first-order valence-corrected chi connectivity index (χ1v) is 9.94. The topological polar surface area (TPSA) is 61.4 Å². The fourth-order valence-electron chi connectivity index (χ4n) is 2.96. The average Bonchev–Trinajstić information content (AvgIpc) is 2.62. The Labute approximate surface area is 168 Å². The van der Waals surface area contributed by atoms with E-state index in [1.165, 1.54) is 11.8 Å². The van der Waals surface area contributed by atoms with Gasteiger partial charge >= 0.3 is 0 Å². The molecule has 0 spiro atoms. The molecule has 0 saturated heterocycles. The number of rotatable bonds is 6. The molecule has 7 heteroatoms. The van der Waals surface area contributed by atoms with Crippen LogP contribution in [-0.4, -0.2) is 42.6 Å². The van der Waals surface area contributed by atoms with E-state index in [2.05, 4.69) is 10.6 Å². The van der Waals surface area contributed by atoms with Crippen LogP contribution in [0.15, 0.2) is 53.4 Å². The number of likely N-dealkylation sites (N-methyl/N-ethyl adjacent to an activating group) is 1. The van der Waals surface area contributed by atoms with Gasteiger partial charge in [-0.15, -0.1) is 11.8 Å². The Morgan fingerprint density at radius 2 is 2.00 bits per heavy atom. The third-order valence-corrected chi connectivity index (χ3v) is 5.73. The van der Waals surface area contributed by atoms with E-state index in [4.69, 9.17) is 11.6 Å². The summed E-state index contributed by atoms with van der Waals surface area (Å²) in [6.45, 7) is 0.682. The molecule has 2 N–H and O–H groups in total. The number of nitrogens with zero attached hydrogens (tertiary/aromatic N) is 1. The molecule has 142 valence electrons. The first kappa shape index (κ1) is 19.7. The van der Waals surface area contributed by atoms with Gasteiger partial charge in [-0.25, -0.2) is 0 Å². The highest BCUT2D eigenvalue weighted by Gasteiger charge is 2.30. The average molecular weight is 404 g/mol. The summed E-state index contributed by atoms with van der Waals surface area (Å²) in [4.78, 5) is 28.0. The Morgan fingerprint density at radius 3 is 2.70 bits per heavy atom. The zero-order valence-electron chi connectivity index (χ0n) is 15.2. The monoisotopic (exact) mass is 403 g/mol. The lowest BCUT2D eigenvalue weighted by molar-refractivity contribution is -0.124. The van der Waals surface area contributed by atoms with Crippen molar-refractivity contribution in [2.45, 2.75) is 22.6 Å². The number of nitrogens with one attached hydrogen (secondary N) is 2. The van der Waals surface area contributed by atoms with E-state index in [0.717, 1.165) is 10.5 Å². The van der Waals surface area contributed by atoms with Crippen LogP contribution in [0.3, 0.4) is 0 Å². The molecule has 0 saturated carbocycles. The number of amides is 2. The van der Waals surface area contributed by atoms with Gasteiger partial charge in [0.25, 0.3) is 0 Å². The van der Waals surface area contributed by atoms with Gasteiger partial charge in [0.15, 0.2) is 0 Å². The van der Waals surface area contributed by atoms with Crippen LogP contribution in [0.1, 0.15) is 18.0 Å². The second kappa shape index (κ2) is 8.78. The molecule has 27 heavy (non-hydrogen) atoms. The van der Waals surface area contributed by atoms with Crippen LogP contribution in [0.25, 0.3) is 0 Å². The van der Waals surface area contributed by atoms with E-state index < -0.39 is 5.25 Å². The minimum Gasteiger partial charge on any atom is -0.348 e. The van der Waals surface area contributed by atoms with Gasteiger partial charge in [-0.1, -0.05) is 41.9 Å². The highest BCUT2D eigenvalue weighted by atomic mass is 35.5. The van der Waals surface area contributed by atoms with Gasteiger partial charge in [-0.2, -0.15) is 0 Å². The summed E-state index contributed by atoms with van der Waals surface area (Å²) < 4.78 is 0. The lowest BCUT2D eigenvalue weighted by atomic mass is 10.1. The summed E-state index contributed by atoms with van der Waals surface area (Å²) in [5.74, 6) is -0.315. The summed E-state index contributed by atoms with van der Waals surface area (Å²) in [6, 6.07) is 15.1. The van der Waals surface area contributed by atoms with Crippen molar-refractivity contribution < 1.29 is 9.59 Å². The fraction of sp³-hybridized carbons (Fsp3) is 0.300. The SMILES string of the molecule is CN(C)C[C@H](NC(=O)C[C@H]1Sc2ccc(Cl)cc2NC1=O)c1ccccc1. The molecule has 0 fully saturated rings. The van der Waals surface area contributed by atoms with Crippen molar-refractivity contribution in [3.63, 3.8) is 0 Å². The van der Waals surface area contributed by atoms with Crippen molar-refractivity contribution >= 4 is 40.9 Å². The Morgan fingerprint density at radius 1 is 1.26 bits per heavy atom. The number of hydrogen-bond acceptors (Lipinski definition) is 4. The first-order chi connectivity index (χ1) is 12.9. The van der Waals surface area contributed by atoms with Crippen molar-refractivity contribution in [2.75, 3.05) is 26.0 Å². The van der Waals surface area contributed by atoms with Crippen LogP contribution in [-0.2, 0) is 9.59 Å². The van der Waals surface area contributed by atoms with Crippen molar-refractivity contribution in [3.05, 3.63) is 59.1 Å². The largest absolute Gasteiger partial charge is 0.348 e. The first-order valence-electron chi connectivity index (χ1n) is 8.68.